The van der Waals surface area contributed by atoms with Crippen molar-refractivity contribution >= 4 is 5.82 Å². The monoisotopic (exact) mass is 317 g/mol. The van der Waals surface area contributed by atoms with E-state index in [0.29, 0.717) is 6.10 Å². The van der Waals surface area contributed by atoms with E-state index in [-0.39, 0.29) is 5.41 Å². The Morgan fingerprint density at radius 1 is 1.30 bits per heavy atom. The molecule has 0 amide bonds. The first-order chi connectivity index (χ1) is 11.4. The molecule has 0 N–H and O–H groups in total. The van der Waals surface area contributed by atoms with E-state index in [1.807, 2.05) is 12.3 Å². The number of hydrogen-bond acceptors (Lipinski definition) is 5. The Morgan fingerprint density at radius 2 is 2.26 bits per heavy atom. The van der Waals surface area contributed by atoms with Crippen LogP contribution in [-0.2, 0) is 9.47 Å². The average molecular weight is 317 g/mol. The van der Waals surface area contributed by atoms with Crippen molar-refractivity contribution in [2.45, 2.75) is 44.6 Å². The topological polar surface area (TPSA) is 47.5 Å². The van der Waals surface area contributed by atoms with Crippen LogP contribution in [0, 0.1) is 11.3 Å². The molecule has 2 saturated heterocycles. The third-order valence-electron chi connectivity index (χ3n) is 5.85. The van der Waals surface area contributed by atoms with Crippen molar-refractivity contribution in [3.8, 4) is 0 Å². The lowest BCUT2D eigenvalue weighted by Crippen LogP contribution is -2.57. The van der Waals surface area contributed by atoms with Crippen molar-refractivity contribution in [1.82, 2.24) is 9.97 Å². The molecular formula is C18H27N3O2. The van der Waals surface area contributed by atoms with Gasteiger partial charge in [0.2, 0.25) is 0 Å². The van der Waals surface area contributed by atoms with E-state index in [4.69, 9.17) is 9.47 Å². The molecular weight excluding hydrogens is 290 g/mol. The zero-order valence-corrected chi connectivity index (χ0v) is 13.8. The van der Waals surface area contributed by atoms with Gasteiger partial charge in [0.1, 0.15) is 12.1 Å². The molecule has 1 saturated carbocycles. The molecule has 1 aromatic heterocycles. The maximum Gasteiger partial charge on any atom is 0.131 e. The fourth-order valence-electron chi connectivity index (χ4n) is 4.26. The van der Waals surface area contributed by atoms with Gasteiger partial charge in [-0.05, 0) is 44.1 Å². The quantitative estimate of drug-likeness (QED) is 0.835. The third kappa shape index (κ3) is 3.22. The van der Waals surface area contributed by atoms with Crippen LogP contribution in [0.3, 0.4) is 0 Å². The molecule has 2 aliphatic heterocycles. The van der Waals surface area contributed by atoms with Crippen LogP contribution in [0.15, 0.2) is 18.6 Å². The van der Waals surface area contributed by atoms with Crippen LogP contribution in [0.4, 0.5) is 5.82 Å². The highest BCUT2D eigenvalue weighted by Gasteiger charge is 2.46. The minimum absolute atomic E-state index is 0.130. The van der Waals surface area contributed by atoms with Gasteiger partial charge < -0.3 is 14.4 Å². The van der Waals surface area contributed by atoms with Gasteiger partial charge in [0.05, 0.1) is 12.7 Å². The van der Waals surface area contributed by atoms with Crippen molar-refractivity contribution in [3.05, 3.63) is 18.6 Å². The summed E-state index contributed by atoms with van der Waals surface area (Å²) in [5, 5.41) is 0. The Labute approximate surface area is 138 Å². The van der Waals surface area contributed by atoms with Gasteiger partial charge in [0, 0.05) is 37.9 Å². The van der Waals surface area contributed by atoms with Gasteiger partial charge in [-0.2, -0.15) is 0 Å². The van der Waals surface area contributed by atoms with Gasteiger partial charge in [-0.3, -0.25) is 0 Å². The first kappa shape index (κ1) is 15.3. The fourth-order valence-corrected chi connectivity index (χ4v) is 4.26. The van der Waals surface area contributed by atoms with Crippen LogP contribution >= 0.6 is 0 Å². The molecule has 5 nitrogen and oxygen atoms in total. The lowest BCUT2D eigenvalue weighted by molar-refractivity contribution is -0.129. The number of rotatable bonds is 5. The molecule has 0 bridgehead atoms. The zero-order valence-electron chi connectivity index (χ0n) is 13.8. The second-order valence-corrected chi connectivity index (χ2v) is 7.42. The smallest absolute Gasteiger partial charge is 0.131 e. The minimum Gasteiger partial charge on any atom is -0.380 e. The Morgan fingerprint density at radius 3 is 3.04 bits per heavy atom. The summed E-state index contributed by atoms with van der Waals surface area (Å²) in [6.07, 6.45) is 11.3. The van der Waals surface area contributed by atoms with Crippen LogP contribution in [0.5, 0.6) is 0 Å². The van der Waals surface area contributed by atoms with Crippen LogP contribution in [0.2, 0.25) is 0 Å². The molecule has 3 fully saturated rings. The standard InChI is InChI=1S/C18H27N3O2/c1-3-15(4-1)11-22-13-18-7-2-10-23-16(18)6-9-21(12-18)17-5-8-19-14-20-17/h5,8,14-16H,1-4,6-7,9-13H2/t16-,18-/m1/s1. The van der Waals surface area contributed by atoms with Crippen molar-refractivity contribution in [1.29, 1.82) is 0 Å². The molecule has 4 rings (SSSR count). The Bertz CT molecular complexity index is 508. The van der Waals surface area contributed by atoms with Crippen LogP contribution in [0.25, 0.3) is 0 Å². The molecule has 3 aliphatic rings. The van der Waals surface area contributed by atoms with Gasteiger partial charge in [-0.25, -0.2) is 9.97 Å². The summed E-state index contributed by atoms with van der Waals surface area (Å²) in [7, 11) is 0. The second kappa shape index (κ2) is 6.73. The van der Waals surface area contributed by atoms with E-state index in [0.717, 1.165) is 57.5 Å². The first-order valence-corrected chi connectivity index (χ1v) is 9.06. The van der Waals surface area contributed by atoms with Crippen LogP contribution in [-0.4, -0.2) is 49.0 Å². The van der Waals surface area contributed by atoms with Crippen LogP contribution < -0.4 is 4.90 Å². The average Bonchev–Trinajstić information content (AvgIpc) is 2.57. The molecule has 0 radical (unpaired) electrons. The predicted octanol–water partition coefficient (Wildman–Crippen LogP) is 2.67. The normalized spacial score (nSPS) is 31.5. The maximum absolute atomic E-state index is 6.18. The van der Waals surface area contributed by atoms with Crippen LogP contribution in [0.1, 0.15) is 38.5 Å². The SMILES string of the molecule is c1cc(N2CC[C@H]3OCCC[C@]3(COCC3CCC3)C2)ncn1. The molecule has 126 valence electrons. The van der Waals surface area contributed by atoms with E-state index in [1.54, 1.807) is 6.33 Å². The van der Waals surface area contributed by atoms with Gasteiger partial charge in [0.25, 0.3) is 0 Å². The second-order valence-electron chi connectivity index (χ2n) is 7.42. The number of ether oxygens (including phenoxy) is 2. The van der Waals surface area contributed by atoms with E-state index < -0.39 is 0 Å². The lowest BCUT2D eigenvalue weighted by Gasteiger charge is -2.50. The molecule has 5 heteroatoms. The summed E-state index contributed by atoms with van der Waals surface area (Å²) in [4.78, 5) is 10.9. The number of piperidine rings is 1. The van der Waals surface area contributed by atoms with Gasteiger partial charge in [0.15, 0.2) is 0 Å². The highest BCUT2D eigenvalue weighted by molar-refractivity contribution is 5.38. The van der Waals surface area contributed by atoms with Crippen molar-refractivity contribution in [3.63, 3.8) is 0 Å². The molecule has 0 aromatic carbocycles. The molecule has 1 aromatic rings. The highest BCUT2D eigenvalue weighted by atomic mass is 16.5. The number of anilines is 1. The summed E-state index contributed by atoms with van der Waals surface area (Å²) in [5.74, 6) is 1.83. The summed E-state index contributed by atoms with van der Waals surface area (Å²) in [6, 6.07) is 2.01. The first-order valence-electron chi connectivity index (χ1n) is 9.06. The van der Waals surface area contributed by atoms with E-state index >= 15 is 0 Å². The van der Waals surface area contributed by atoms with Crippen molar-refractivity contribution in [2.75, 3.05) is 37.8 Å². The third-order valence-corrected chi connectivity index (χ3v) is 5.85. The molecule has 0 unspecified atom stereocenters. The Kier molecular flexibility index (Phi) is 4.49. The maximum atomic E-state index is 6.18. The predicted molar refractivity (Wildman–Crippen MR) is 88.4 cm³/mol. The number of hydrogen-bond donors (Lipinski definition) is 0. The van der Waals surface area contributed by atoms with Crippen molar-refractivity contribution < 1.29 is 9.47 Å². The minimum atomic E-state index is 0.130. The highest BCUT2D eigenvalue weighted by Crippen LogP contribution is 2.41. The number of nitrogens with zero attached hydrogens (tertiary/aromatic N) is 3. The van der Waals surface area contributed by atoms with Gasteiger partial charge in [-0.1, -0.05) is 6.42 Å². The van der Waals surface area contributed by atoms with E-state index in [2.05, 4.69) is 14.9 Å². The number of fused-ring (bicyclic) bond motifs is 1. The Hall–Kier alpha value is -1.20. The summed E-state index contributed by atoms with van der Waals surface area (Å²) in [5.41, 5.74) is 0.130. The number of aromatic nitrogens is 2. The Balaban J connectivity index is 1.44. The fraction of sp³-hybridized carbons (Fsp3) is 0.778. The van der Waals surface area contributed by atoms with Crippen molar-refractivity contribution in [2.24, 2.45) is 11.3 Å². The molecule has 2 atom stereocenters. The summed E-state index contributed by atoms with van der Waals surface area (Å²) in [6.45, 7) is 4.66. The molecule has 3 heterocycles. The summed E-state index contributed by atoms with van der Waals surface area (Å²) < 4.78 is 12.3. The van der Waals surface area contributed by atoms with E-state index in [1.165, 1.54) is 25.7 Å². The molecule has 23 heavy (non-hydrogen) atoms. The zero-order chi connectivity index (χ0) is 15.5. The van der Waals surface area contributed by atoms with Gasteiger partial charge in [-0.15, -0.1) is 0 Å². The summed E-state index contributed by atoms with van der Waals surface area (Å²) >= 11 is 0. The molecule has 0 spiro atoms. The molecule has 1 aliphatic carbocycles. The largest absolute Gasteiger partial charge is 0.380 e. The lowest BCUT2D eigenvalue weighted by atomic mass is 9.73. The van der Waals surface area contributed by atoms with Gasteiger partial charge >= 0.3 is 0 Å². The van der Waals surface area contributed by atoms with E-state index in [9.17, 15) is 0 Å².